The average Bonchev–Trinajstić information content (AvgIpc) is 2.78. The summed E-state index contributed by atoms with van der Waals surface area (Å²) >= 11 is 0. The number of pyridine rings is 1. The van der Waals surface area contributed by atoms with Crippen LogP contribution in [-0.2, 0) is 10.0 Å². The summed E-state index contributed by atoms with van der Waals surface area (Å²) in [5, 5.41) is 3.34. The summed E-state index contributed by atoms with van der Waals surface area (Å²) in [5.74, 6) is -0.0467. The molecule has 0 saturated carbocycles. The van der Waals surface area contributed by atoms with Gasteiger partial charge in [-0.25, -0.2) is 8.42 Å². The van der Waals surface area contributed by atoms with Crippen molar-refractivity contribution in [1.82, 2.24) is 14.6 Å². The first-order chi connectivity index (χ1) is 15.3. The maximum absolute atomic E-state index is 13.2. The summed E-state index contributed by atoms with van der Waals surface area (Å²) in [6, 6.07) is 5.83. The summed E-state index contributed by atoms with van der Waals surface area (Å²) < 4.78 is 28.0. The number of amides is 1. The number of aromatic nitrogens is 1. The molecule has 1 atom stereocenters. The van der Waals surface area contributed by atoms with Crippen molar-refractivity contribution in [3.05, 3.63) is 51.8 Å². The zero-order chi connectivity index (χ0) is 22.7. The van der Waals surface area contributed by atoms with Crippen molar-refractivity contribution in [2.45, 2.75) is 56.8 Å². The highest BCUT2D eigenvalue weighted by atomic mass is 32.2. The molecule has 0 spiro atoms. The highest BCUT2D eigenvalue weighted by molar-refractivity contribution is 7.89. The van der Waals surface area contributed by atoms with Gasteiger partial charge in [-0.3, -0.25) is 9.59 Å². The molecule has 4 rings (SSSR count). The van der Waals surface area contributed by atoms with Crippen LogP contribution < -0.4 is 10.9 Å². The molecule has 1 aromatic carbocycles. The Bertz CT molecular complexity index is 1200. The molecule has 1 aromatic heterocycles. The van der Waals surface area contributed by atoms with Gasteiger partial charge in [0.25, 0.3) is 5.91 Å². The van der Waals surface area contributed by atoms with E-state index in [1.54, 1.807) is 6.07 Å². The second kappa shape index (κ2) is 9.58. The minimum absolute atomic E-state index is 0.146. The number of hydrogen-bond acceptors (Lipinski definition) is 4. The number of carbonyl (C=O) groups excluding carboxylic acids is 1. The van der Waals surface area contributed by atoms with Crippen LogP contribution in [0.15, 0.2) is 45.6 Å². The van der Waals surface area contributed by atoms with Gasteiger partial charge in [0, 0.05) is 36.6 Å². The van der Waals surface area contributed by atoms with E-state index in [1.165, 1.54) is 40.9 Å². The Morgan fingerprint density at radius 1 is 1.22 bits per heavy atom. The summed E-state index contributed by atoms with van der Waals surface area (Å²) in [7, 11) is -3.67. The topological polar surface area (TPSA) is 99.3 Å². The largest absolute Gasteiger partial charge is 0.352 e. The number of carbonyl (C=O) groups is 1. The van der Waals surface area contributed by atoms with Gasteiger partial charge < -0.3 is 10.3 Å². The van der Waals surface area contributed by atoms with Crippen molar-refractivity contribution < 1.29 is 13.2 Å². The number of nitrogens with zero attached hydrogens (tertiary/aromatic N) is 1. The lowest BCUT2D eigenvalue weighted by Crippen LogP contribution is -2.39. The second-order valence-electron chi connectivity index (χ2n) is 8.98. The molecular weight excluding hydrogens is 426 g/mol. The SMILES string of the molecule is CC1CCCN(S(=O)(=O)c2ccc3[nH]c(=O)cc(C(=O)NCCC4=CCCCC4)c3c2)C1. The maximum Gasteiger partial charge on any atom is 0.252 e. The van der Waals surface area contributed by atoms with Crippen LogP contribution >= 0.6 is 0 Å². The quantitative estimate of drug-likeness (QED) is 0.648. The van der Waals surface area contributed by atoms with E-state index in [0.29, 0.717) is 36.5 Å². The van der Waals surface area contributed by atoms with Gasteiger partial charge in [-0.05, 0) is 69.1 Å². The van der Waals surface area contributed by atoms with Crippen LogP contribution in [-0.4, -0.2) is 43.2 Å². The molecule has 1 saturated heterocycles. The second-order valence-corrected chi connectivity index (χ2v) is 10.9. The predicted molar refractivity (Wildman–Crippen MR) is 125 cm³/mol. The monoisotopic (exact) mass is 457 g/mol. The van der Waals surface area contributed by atoms with Crippen LogP contribution in [0.3, 0.4) is 0 Å². The molecule has 1 unspecified atom stereocenters. The zero-order valence-electron chi connectivity index (χ0n) is 18.5. The van der Waals surface area contributed by atoms with Crippen molar-refractivity contribution in [3.63, 3.8) is 0 Å². The number of H-pyrrole nitrogens is 1. The number of fused-ring (bicyclic) bond motifs is 1. The van der Waals surface area contributed by atoms with Crippen molar-refractivity contribution >= 4 is 26.8 Å². The van der Waals surface area contributed by atoms with Crippen molar-refractivity contribution in [1.29, 1.82) is 0 Å². The molecule has 32 heavy (non-hydrogen) atoms. The van der Waals surface area contributed by atoms with E-state index in [0.717, 1.165) is 32.1 Å². The third kappa shape index (κ3) is 4.96. The fourth-order valence-electron chi connectivity index (χ4n) is 4.66. The summed E-state index contributed by atoms with van der Waals surface area (Å²) in [6.07, 6.45) is 9.46. The minimum Gasteiger partial charge on any atom is -0.352 e. The van der Waals surface area contributed by atoms with Gasteiger partial charge in [0.05, 0.1) is 10.5 Å². The van der Waals surface area contributed by atoms with Crippen LogP contribution in [0.5, 0.6) is 0 Å². The van der Waals surface area contributed by atoms with Gasteiger partial charge in [-0.2, -0.15) is 4.31 Å². The summed E-state index contributed by atoms with van der Waals surface area (Å²) in [6.45, 7) is 3.54. The fourth-order valence-corrected chi connectivity index (χ4v) is 6.28. The van der Waals surface area contributed by atoms with E-state index in [9.17, 15) is 18.0 Å². The van der Waals surface area contributed by atoms with Gasteiger partial charge in [-0.15, -0.1) is 0 Å². The number of rotatable bonds is 6. The Morgan fingerprint density at radius 2 is 2.06 bits per heavy atom. The molecular formula is C24H31N3O4S. The van der Waals surface area contributed by atoms with Crippen LogP contribution in [0.1, 0.15) is 62.2 Å². The molecule has 172 valence electrons. The lowest BCUT2D eigenvalue weighted by molar-refractivity contribution is 0.0955. The number of piperidine rings is 1. The Morgan fingerprint density at radius 3 is 2.81 bits per heavy atom. The van der Waals surface area contributed by atoms with E-state index in [4.69, 9.17) is 0 Å². The van der Waals surface area contributed by atoms with E-state index in [1.807, 2.05) is 0 Å². The van der Waals surface area contributed by atoms with Crippen LogP contribution in [0.4, 0.5) is 0 Å². The molecule has 1 aliphatic carbocycles. The van der Waals surface area contributed by atoms with Crippen molar-refractivity contribution in [2.75, 3.05) is 19.6 Å². The third-order valence-electron chi connectivity index (χ3n) is 6.43. The molecule has 2 aromatic rings. The van der Waals surface area contributed by atoms with E-state index in [2.05, 4.69) is 23.3 Å². The number of allylic oxidation sites excluding steroid dienone is 1. The van der Waals surface area contributed by atoms with Gasteiger partial charge >= 0.3 is 0 Å². The molecule has 1 amide bonds. The molecule has 1 fully saturated rings. The molecule has 2 heterocycles. The highest BCUT2D eigenvalue weighted by Crippen LogP contribution is 2.26. The van der Waals surface area contributed by atoms with Gasteiger partial charge in [0.1, 0.15) is 0 Å². The molecule has 2 aliphatic rings. The first-order valence-corrected chi connectivity index (χ1v) is 12.9. The summed E-state index contributed by atoms with van der Waals surface area (Å²) in [5.41, 5.74) is 1.61. The first-order valence-electron chi connectivity index (χ1n) is 11.5. The molecule has 1 aliphatic heterocycles. The maximum atomic E-state index is 13.2. The lowest BCUT2D eigenvalue weighted by atomic mass is 9.97. The Balaban J connectivity index is 1.60. The third-order valence-corrected chi connectivity index (χ3v) is 8.29. The van der Waals surface area contributed by atoms with E-state index in [-0.39, 0.29) is 16.4 Å². The highest BCUT2D eigenvalue weighted by Gasteiger charge is 2.29. The van der Waals surface area contributed by atoms with Crippen LogP contribution in [0.25, 0.3) is 10.9 Å². The Hall–Kier alpha value is -2.45. The Kier molecular flexibility index (Phi) is 6.81. The minimum atomic E-state index is -3.67. The molecule has 2 N–H and O–H groups in total. The zero-order valence-corrected chi connectivity index (χ0v) is 19.3. The van der Waals surface area contributed by atoms with Crippen LogP contribution in [0.2, 0.25) is 0 Å². The van der Waals surface area contributed by atoms with E-state index >= 15 is 0 Å². The summed E-state index contributed by atoms with van der Waals surface area (Å²) in [4.78, 5) is 27.9. The van der Waals surface area contributed by atoms with Gasteiger partial charge in [0.2, 0.25) is 15.6 Å². The van der Waals surface area contributed by atoms with Crippen molar-refractivity contribution in [3.8, 4) is 0 Å². The average molecular weight is 458 g/mol. The predicted octanol–water partition coefficient (Wildman–Crippen LogP) is 3.57. The Labute approximate surface area is 188 Å². The number of sulfonamides is 1. The smallest absolute Gasteiger partial charge is 0.252 e. The van der Waals surface area contributed by atoms with Crippen LogP contribution in [0, 0.1) is 5.92 Å². The molecule has 0 radical (unpaired) electrons. The molecule has 0 bridgehead atoms. The van der Waals surface area contributed by atoms with Gasteiger partial charge in [0.15, 0.2) is 0 Å². The van der Waals surface area contributed by atoms with Crippen molar-refractivity contribution in [2.24, 2.45) is 5.92 Å². The molecule has 8 heteroatoms. The number of benzene rings is 1. The number of aromatic amines is 1. The lowest BCUT2D eigenvalue weighted by Gasteiger charge is -2.30. The fraction of sp³-hybridized carbons (Fsp3) is 0.500. The standard InChI is InChI=1S/C24H31N3O4S/c1-17-6-5-13-27(16-17)32(30,31)19-9-10-22-20(14-19)21(15-23(28)26-22)24(29)25-12-11-18-7-3-2-4-8-18/h7,9-10,14-15,17H,2-6,8,11-13,16H2,1H3,(H,25,29)(H,26,28). The number of hydrogen-bond donors (Lipinski definition) is 2. The molecule has 7 nitrogen and oxygen atoms in total. The van der Waals surface area contributed by atoms with E-state index < -0.39 is 15.6 Å². The number of nitrogens with one attached hydrogen (secondary N) is 2. The normalized spacial score (nSPS) is 20.2. The van der Waals surface area contributed by atoms with Gasteiger partial charge in [-0.1, -0.05) is 18.6 Å². The first kappa shape index (κ1) is 22.7.